The van der Waals surface area contributed by atoms with E-state index in [1.54, 1.807) is 0 Å². The SMILES string of the molecule is CC(N)CCCC(=O)NCCC(=O)NC1CC1. The maximum atomic E-state index is 11.4. The molecule has 0 aromatic heterocycles. The highest BCUT2D eigenvalue weighted by atomic mass is 16.2. The van der Waals surface area contributed by atoms with Gasteiger partial charge in [0.25, 0.3) is 0 Å². The van der Waals surface area contributed by atoms with Gasteiger partial charge in [0.1, 0.15) is 0 Å². The Morgan fingerprint density at radius 1 is 1.29 bits per heavy atom. The van der Waals surface area contributed by atoms with Gasteiger partial charge in [-0.2, -0.15) is 0 Å². The number of carbonyl (C=O) groups is 2. The lowest BCUT2D eigenvalue weighted by atomic mass is 10.1. The van der Waals surface area contributed by atoms with Crippen LogP contribution in [0.15, 0.2) is 0 Å². The zero-order chi connectivity index (χ0) is 12.7. The summed E-state index contributed by atoms with van der Waals surface area (Å²) in [5.41, 5.74) is 5.59. The smallest absolute Gasteiger partial charge is 0.221 e. The molecule has 1 fully saturated rings. The number of hydrogen-bond acceptors (Lipinski definition) is 3. The summed E-state index contributed by atoms with van der Waals surface area (Å²) in [6.07, 6.45) is 4.71. The molecular weight excluding hydrogens is 218 g/mol. The second-order valence-corrected chi connectivity index (χ2v) is 4.81. The third-order valence-electron chi connectivity index (χ3n) is 2.68. The fraction of sp³-hybridized carbons (Fsp3) is 0.833. The summed E-state index contributed by atoms with van der Waals surface area (Å²) >= 11 is 0. The molecule has 2 amide bonds. The van der Waals surface area contributed by atoms with Crippen molar-refractivity contribution in [3.63, 3.8) is 0 Å². The molecule has 0 aliphatic heterocycles. The average Bonchev–Trinajstić information content (AvgIpc) is 3.01. The van der Waals surface area contributed by atoms with E-state index in [0.29, 0.717) is 25.4 Å². The number of rotatable bonds is 8. The van der Waals surface area contributed by atoms with Gasteiger partial charge in [-0.15, -0.1) is 0 Å². The van der Waals surface area contributed by atoms with Crippen LogP contribution in [-0.2, 0) is 9.59 Å². The fourth-order valence-electron chi connectivity index (χ4n) is 1.52. The Morgan fingerprint density at radius 2 is 2.00 bits per heavy atom. The van der Waals surface area contributed by atoms with E-state index in [0.717, 1.165) is 25.7 Å². The standard InChI is InChI=1S/C12H23N3O2/c1-9(13)3-2-4-11(16)14-8-7-12(17)15-10-5-6-10/h9-10H,2-8,13H2,1H3,(H,14,16)(H,15,17). The lowest BCUT2D eigenvalue weighted by Crippen LogP contribution is -2.31. The van der Waals surface area contributed by atoms with Crippen molar-refractivity contribution in [2.45, 2.75) is 57.5 Å². The van der Waals surface area contributed by atoms with E-state index in [2.05, 4.69) is 10.6 Å². The van der Waals surface area contributed by atoms with Gasteiger partial charge in [-0.25, -0.2) is 0 Å². The van der Waals surface area contributed by atoms with Crippen LogP contribution in [-0.4, -0.2) is 30.4 Å². The van der Waals surface area contributed by atoms with Crippen LogP contribution in [0.3, 0.4) is 0 Å². The molecule has 17 heavy (non-hydrogen) atoms. The van der Waals surface area contributed by atoms with Crippen molar-refractivity contribution < 1.29 is 9.59 Å². The highest BCUT2D eigenvalue weighted by molar-refractivity contribution is 5.79. The zero-order valence-corrected chi connectivity index (χ0v) is 10.5. The fourth-order valence-corrected chi connectivity index (χ4v) is 1.52. The van der Waals surface area contributed by atoms with Gasteiger partial charge in [0.05, 0.1) is 0 Å². The van der Waals surface area contributed by atoms with Crippen LogP contribution in [0.1, 0.15) is 45.4 Å². The minimum absolute atomic E-state index is 0.00451. The first-order valence-electron chi connectivity index (χ1n) is 6.39. The van der Waals surface area contributed by atoms with Crippen molar-refractivity contribution in [2.24, 2.45) is 5.73 Å². The molecule has 0 aromatic carbocycles. The summed E-state index contributed by atoms with van der Waals surface area (Å²) in [5, 5.41) is 5.62. The molecule has 1 saturated carbocycles. The van der Waals surface area contributed by atoms with Gasteiger partial charge in [0.2, 0.25) is 11.8 Å². The molecule has 1 unspecified atom stereocenters. The van der Waals surface area contributed by atoms with Crippen molar-refractivity contribution in [1.82, 2.24) is 10.6 Å². The third-order valence-corrected chi connectivity index (χ3v) is 2.68. The molecule has 0 radical (unpaired) electrons. The largest absolute Gasteiger partial charge is 0.356 e. The summed E-state index contributed by atoms with van der Waals surface area (Å²) in [7, 11) is 0. The van der Waals surface area contributed by atoms with Gasteiger partial charge in [-0.1, -0.05) is 0 Å². The molecule has 0 saturated heterocycles. The zero-order valence-electron chi connectivity index (χ0n) is 10.5. The van der Waals surface area contributed by atoms with Crippen LogP contribution in [0, 0.1) is 0 Å². The Labute approximate surface area is 103 Å². The number of carbonyl (C=O) groups excluding carboxylic acids is 2. The van der Waals surface area contributed by atoms with E-state index in [9.17, 15) is 9.59 Å². The van der Waals surface area contributed by atoms with Crippen LogP contribution in [0.25, 0.3) is 0 Å². The second-order valence-electron chi connectivity index (χ2n) is 4.81. The van der Waals surface area contributed by atoms with Crippen molar-refractivity contribution in [1.29, 1.82) is 0 Å². The maximum absolute atomic E-state index is 11.4. The predicted molar refractivity (Wildman–Crippen MR) is 66.3 cm³/mol. The van der Waals surface area contributed by atoms with Gasteiger partial charge in [0, 0.05) is 31.5 Å². The summed E-state index contributed by atoms with van der Waals surface area (Å²) in [4.78, 5) is 22.7. The molecule has 1 rings (SSSR count). The minimum Gasteiger partial charge on any atom is -0.356 e. The van der Waals surface area contributed by atoms with Crippen molar-refractivity contribution in [3.8, 4) is 0 Å². The van der Waals surface area contributed by atoms with Crippen LogP contribution in [0.4, 0.5) is 0 Å². The first-order chi connectivity index (χ1) is 8.08. The molecule has 98 valence electrons. The van der Waals surface area contributed by atoms with Gasteiger partial charge in [-0.05, 0) is 32.6 Å². The molecule has 5 heteroatoms. The van der Waals surface area contributed by atoms with E-state index in [4.69, 9.17) is 5.73 Å². The lowest BCUT2D eigenvalue weighted by molar-refractivity contribution is -0.122. The van der Waals surface area contributed by atoms with Crippen molar-refractivity contribution in [2.75, 3.05) is 6.54 Å². The summed E-state index contributed by atoms with van der Waals surface area (Å²) < 4.78 is 0. The van der Waals surface area contributed by atoms with Gasteiger partial charge in [-0.3, -0.25) is 9.59 Å². The quantitative estimate of drug-likeness (QED) is 0.571. The molecular formula is C12H23N3O2. The first-order valence-corrected chi connectivity index (χ1v) is 6.39. The summed E-state index contributed by atoms with van der Waals surface area (Å²) in [6.45, 7) is 2.36. The lowest BCUT2D eigenvalue weighted by Gasteiger charge is -2.07. The molecule has 5 nitrogen and oxygen atoms in total. The minimum atomic E-state index is 0.00451. The van der Waals surface area contributed by atoms with Crippen LogP contribution >= 0.6 is 0 Å². The van der Waals surface area contributed by atoms with Crippen molar-refractivity contribution >= 4 is 11.8 Å². The summed E-state index contributed by atoms with van der Waals surface area (Å²) in [5.74, 6) is 0.0354. The average molecular weight is 241 g/mol. The molecule has 4 N–H and O–H groups in total. The molecule has 1 aliphatic rings. The third kappa shape index (κ3) is 7.74. The van der Waals surface area contributed by atoms with E-state index in [-0.39, 0.29) is 17.9 Å². The number of nitrogens with one attached hydrogen (secondary N) is 2. The molecule has 0 heterocycles. The van der Waals surface area contributed by atoms with E-state index < -0.39 is 0 Å². The molecule has 1 aliphatic carbocycles. The van der Waals surface area contributed by atoms with Crippen molar-refractivity contribution in [3.05, 3.63) is 0 Å². The van der Waals surface area contributed by atoms with Crippen LogP contribution in [0.5, 0.6) is 0 Å². The Hall–Kier alpha value is -1.10. The Bertz CT molecular complexity index is 262. The van der Waals surface area contributed by atoms with E-state index in [1.807, 2.05) is 6.92 Å². The molecule has 0 spiro atoms. The van der Waals surface area contributed by atoms with Crippen LogP contribution in [0.2, 0.25) is 0 Å². The van der Waals surface area contributed by atoms with E-state index in [1.165, 1.54) is 0 Å². The first kappa shape index (κ1) is 14.0. The Morgan fingerprint density at radius 3 is 2.59 bits per heavy atom. The van der Waals surface area contributed by atoms with Gasteiger partial charge >= 0.3 is 0 Å². The van der Waals surface area contributed by atoms with Gasteiger partial charge in [0.15, 0.2) is 0 Å². The second kappa shape index (κ2) is 7.27. The summed E-state index contributed by atoms with van der Waals surface area (Å²) in [6, 6.07) is 0.538. The van der Waals surface area contributed by atoms with E-state index >= 15 is 0 Å². The number of hydrogen-bond donors (Lipinski definition) is 3. The number of amides is 2. The predicted octanol–water partition coefficient (Wildman–Crippen LogP) is 0.289. The highest BCUT2D eigenvalue weighted by Crippen LogP contribution is 2.18. The monoisotopic (exact) mass is 241 g/mol. The molecule has 0 aromatic rings. The van der Waals surface area contributed by atoms with Crippen LogP contribution < -0.4 is 16.4 Å². The Kier molecular flexibility index (Phi) is 5.97. The highest BCUT2D eigenvalue weighted by Gasteiger charge is 2.22. The Balaban J connectivity index is 1.93. The maximum Gasteiger partial charge on any atom is 0.221 e. The number of nitrogens with two attached hydrogens (primary N) is 1. The normalized spacial score (nSPS) is 16.4. The topological polar surface area (TPSA) is 84.2 Å². The molecule has 1 atom stereocenters. The molecule has 0 bridgehead atoms. The van der Waals surface area contributed by atoms with Gasteiger partial charge < -0.3 is 16.4 Å².